The molecule has 0 radical (unpaired) electrons. The molecule has 0 saturated heterocycles. The van der Waals surface area contributed by atoms with Gasteiger partial charge in [-0.3, -0.25) is 4.79 Å². The van der Waals surface area contributed by atoms with E-state index in [9.17, 15) is 13.6 Å². The van der Waals surface area contributed by atoms with Crippen LogP contribution in [0.15, 0.2) is 30.6 Å². The number of fused-ring (bicyclic) bond motifs is 1. The fourth-order valence-electron chi connectivity index (χ4n) is 2.97. The Morgan fingerprint density at radius 2 is 2.20 bits per heavy atom. The van der Waals surface area contributed by atoms with Crippen LogP contribution in [0.4, 0.5) is 8.78 Å². The molecule has 1 aromatic heterocycles. The lowest BCUT2D eigenvalue weighted by molar-refractivity contribution is -0.130. The second-order valence-electron chi connectivity index (χ2n) is 6.60. The van der Waals surface area contributed by atoms with E-state index < -0.39 is 17.7 Å². The van der Waals surface area contributed by atoms with Crippen molar-refractivity contribution in [3.63, 3.8) is 0 Å². The highest BCUT2D eigenvalue weighted by molar-refractivity contribution is 5.81. The SMILES string of the molecule is CC(C)[C@H](Oc1ccc(F)cc1F)C(=O)N[C@H]1CCc2nccn2C1. The molecule has 25 heavy (non-hydrogen) atoms. The summed E-state index contributed by atoms with van der Waals surface area (Å²) in [5.74, 6) is -1.09. The molecule has 0 unspecified atom stereocenters. The maximum Gasteiger partial charge on any atom is 0.261 e. The van der Waals surface area contributed by atoms with E-state index in [1.807, 2.05) is 24.6 Å². The van der Waals surface area contributed by atoms with Crippen LogP contribution >= 0.6 is 0 Å². The van der Waals surface area contributed by atoms with Crippen LogP contribution in [-0.2, 0) is 17.8 Å². The molecule has 0 bridgehead atoms. The van der Waals surface area contributed by atoms with Crippen LogP contribution < -0.4 is 10.1 Å². The van der Waals surface area contributed by atoms with E-state index in [1.54, 1.807) is 6.20 Å². The fraction of sp³-hybridized carbons (Fsp3) is 0.444. The van der Waals surface area contributed by atoms with Gasteiger partial charge in [-0.25, -0.2) is 13.8 Å². The number of nitrogens with zero attached hydrogens (tertiary/aromatic N) is 2. The van der Waals surface area contributed by atoms with Crippen LogP contribution in [0.1, 0.15) is 26.1 Å². The van der Waals surface area contributed by atoms with Gasteiger partial charge in [0.15, 0.2) is 17.7 Å². The first-order chi connectivity index (χ1) is 11.9. The third kappa shape index (κ3) is 3.97. The molecule has 2 aromatic rings. The number of aromatic nitrogens is 2. The van der Waals surface area contributed by atoms with Crippen LogP contribution in [-0.4, -0.2) is 27.6 Å². The van der Waals surface area contributed by atoms with E-state index in [1.165, 1.54) is 6.07 Å². The van der Waals surface area contributed by atoms with Crippen molar-refractivity contribution in [2.45, 2.75) is 45.4 Å². The molecule has 0 spiro atoms. The normalized spacial score (nSPS) is 17.9. The van der Waals surface area contributed by atoms with Crippen LogP contribution in [0.25, 0.3) is 0 Å². The summed E-state index contributed by atoms with van der Waals surface area (Å²) in [6.45, 7) is 4.29. The van der Waals surface area contributed by atoms with Gasteiger partial charge in [0.05, 0.1) is 0 Å². The summed E-state index contributed by atoms with van der Waals surface area (Å²) >= 11 is 0. The summed E-state index contributed by atoms with van der Waals surface area (Å²) in [7, 11) is 0. The Balaban J connectivity index is 1.67. The Bertz CT molecular complexity index is 761. The number of benzene rings is 1. The smallest absolute Gasteiger partial charge is 0.261 e. The minimum absolute atomic E-state index is 0.0304. The van der Waals surface area contributed by atoms with E-state index in [-0.39, 0.29) is 23.6 Å². The summed E-state index contributed by atoms with van der Waals surface area (Å²) < 4.78 is 34.4. The summed E-state index contributed by atoms with van der Waals surface area (Å²) in [6.07, 6.45) is 4.36. The van der Waals surface area contributed by atoms with Gasteiger partial charge in [-0.05, 0) is 24.5 Å². The van der Waals surface area contributed by atoms with Crippen LogP contribution in [0.3, 0.4) is 0 Å². The van der Waals surface area contributed by atoms with Gasteiger partial charge in [0.1, 0.15) is 11.6 Å². The molecule has 1 aromatic carbocycles. The first-order valence-electron chi connectivity index (χ1n) is 8.36. The van der Waals surface area contributed by atoms with E-state index >= 15 is 0 Å². The fourth-order valence-corrected chi connectivity index (χ4v) is 2.97. The molecule has 0 saturated carbocycles. The number of ether oxygens (including phenoxy) is 1. The van der Waals surface area contributed by atoms with Crippen molar-refractivity contribution in [1.82, 2.24) is 14.9 Å². The molecular weight excluding hydrogens is 328 g/mol. The molecule has 7 heteroatoms. The average Bonchev–Trinajstić information content (AvgIpc) is 3.01. The van der Waals surface area contributed by atoms with Crippen molar-refractivity contribution >= 4 is 5.91 Å². The monoisotopic (exact) mass is 349 g/mol. The average molecular weight is 349 g/mol. The first-order valence-corrected chi connectivity index (χ1v) is 8.36. The standard InChI is InChI=1S/C18H21F2N3O2/c1-11(2)17(25-15-5-3-12(19)9-14(15)20)18(24)22-13-4-6-16-21-7-8-23(16)10-13/h3,5,7-9,11,13,17H,4,6,10H2,1-2H3,(H,22,24)/t13-,17-/m0/s1. The summed E-state index contributed by atoms with van der Waals surface area (Å²) in [4.78, 5) is 16.9. The lowest BCUT2D eigenvalue weighted by Gasteiger charge is -2.28. The number of imidazole rings is 1. The van der Waals surface area contributed by atoms with Gasteiger partial charge in [-0.1, -0.05) is 13.8 Å². The topological polar surface area (TPSA) is 56.1 Å². The molecule has 1 amide bonds. The number of hydrogen-bond acceptors (Lipinski definition) is 3. The first kappa shape index (κ1) is 17.4. The molecule has 5 nitrogen and oxygen atoms in total. The molecule has 1 aliphatic rings. The molecule has 2 heterocycles. The summed E-state index contributed by atoms with van der Waals surface area (Å²) in [5.41, 5.74) is 0. The highest BCUT2D eigenvalue weighted by Gasteiger charge is 2.29. The summed E-state index contributed by atoms with van der Waals surface area (Å²) in [6, 6.07) is 3.02. The lowest BCUT2D eigenvalue weighted by Crippen LogP contribution is -2.48. The highest BCUT2D eigenvalue weighted by atomic mass is 19.1. The number of aryl methyl sites for hydroxylation is 1. The van der Waals surface area contributed by atoms with Crippen LogP contribution in [0.5, 0.6) is 5.75 Å². The van der Waals surface area contributed by atoms with Crippen molar-refractivity contribution in [3.05, 3.63) is 48.1 Å². The molecule has 1 aliphatic heterocycles. The Kier molecular flexibility index (Phi) is 5.01. The lowest BCUT2D eigenvalue weighted by atomic mass is 10.0. The third-order valence-corrected chi connectivity index (χ3v) is 4.29. The number of nitrogens with one attached hydrogen (secondary N) is 1. The number of carbonyl (C=O) groups is 1. The van der Waals surface area contributed by atoms with Crippen molar-refractivity contribution in [2.75, 3.05) is 0 Å². The zero-order valence-corrected chi connectivity index (χ0v) is 14.2. The Hall–Kier alpha value is -2.44. The number of halogens is 2. The van der Waals surface area contributed by atoms with E-state index in [0.29, 0.717) is 6.54 Å². The van der Waals surface area contributed by atoms with Gasteiger partial charge in [0.25, 0.3) is 5.91 Å². The molecule has 0 aliphatic carbocycles. The van der Waals surface area contributed by atoms with E-state index in [4.69, 9.17) is 4.74 Å². The summed E-state index contributed by atoms with van der Waals surface area (Å²) in [5, 5.41) is 2.97. The quantitative estimate of drug-likeness (QED) is 0.903. The van der Waals surface area contributed by atoms with Crippen LogP contribution in [0, 0.1) is 17.6 Å². The maximum atomic E-state index is 13.8. The van der Waals surface area contributed by atoms with Gasteiger partial charge in [0.2, 0.25) is 0 Å². The number of hydrogen-bond donors (Lipinski definition) is 1. The zero-order valence-electron chi connectivity index (χ0n) is 14.2. The van der Waals surface area contributed by atoms with Gasteiger partial charge in [-0.15, -0.1) is 0 Å². The number of amides is 1. The van der Waals surface area contributed by atoms with Gasteiger partial charge in [-0.2, -0.15) is 0 Å². The van der Waals surface area contributed by atoms with Gasteiger partial charge >= 0.3 is 0 Å². The van der Waals surface area contributed by atoms with Crippen molar-refractivity contribution in [1.29, 1.82) is 0 Å². The molecule has 1 N–H and O–H groups in total. The van der Waals surface area contributed by atoms with Crippen molar-refractivity contribution in [3.8, 4) is 5.75 Å². The predicted octanol–water partition coefficient (Wildman–Crippen LogP) is 2.70. The largest absolute Gasteiger partial charge is 0.477 e. The number of carbonyl (C=O) groups excluding carboxylic acids is 1. The Morgan fingerprint density at radius 1 is 1.40 bits per heavy atom. The minimum Gasteiger partial charge on any atom is -0.477 e. The zero-order chi connectivity index (χ0) is 18.0. The van der Waals surface area contributed by atoms with Crippen molar-refractivity contribution < 1.29 is 18.3 Å². The second-order valence-corrected chi connectivity index (χ2v) is 6.60. The Morgan fingerprint density at radius 3 is 2.92 bits per heavy atom. The molecular formula is C18H21F2N3O2. The van der Waals surface area contributed by atoms with Gasteiger partial charge in [0, 0.05) is 37.5 Å². The number of rotatable bonds is 5. The second kappa shape index (κ2) is 7.21. The third-order valence-electron chi connectivity index (χ3n) is 4.29. The van der Waals surface area contributed by atoms with Crippen molar-refractivity contribution in [2.24, 2.45) is 5.92 Å². The van der Waals surface area contributed by atoms with Crippen LogP contribution in [0.2, 0.25) is 0 Å². The minimum atomic E-state index is -0.857. The molecule has 0 fully saturated rings. The Labute approximate surface area is 145 Å². The molecule has 134 valence electrons. The van der Waals surface area contributed by atoms with E-state index in [0.717, 1.165) is 30.8 Å². The molecule has 3 rings (SSSR count). The van der Waals surface area contributed by atoms with Gasteiger partial charge < -0.3 is 14.6 Å². The van der Waals surface area contributed by atoms with E-state index in [2.05, 4.69) is 10.3 Å². The maximum absolute atomic E-state index is 13.8. The predicted molar refractivity (Wildman–Crippen MR) is 88.1 cm³/mol. The molecule has 2 atom stereocenters. The highest BCUT2D eigenvalue weighted by Crippen LogP contribution is 2.22.